The Bertz CT molecular complexity index is 1180. The van der Waals surface area contributed by atoms with Crippen LogP contribution in [0.5, 0.6) is 0 Å². The molecule has 0 bridgehead atoms. The van der Waals surface area contributed by atoms with E-state index >= 15 is 0 Å². The van der Waals surface area contributed by atoms with Gasteiger partial charge in [0.2, 0.25) is 0 Å². The number of aliphatic hydroxyl groups excluding tert-OH is 1. The first-order chi connectivity index (χ1) is 15.2. The monoisotopic (exact) mass is 464 g/mol. The lowest BCUT2D eigenvalue weighted by molar-refractivity contribution is -0.136. The Labute approximate surface area is 181 Å². The third kappa shape index (κ3) is 5.01. The van der Waals surface area contributed by atoms with Gasteiger partial charge in [0.15, 0.2) is 5.65 Å². The quantitative estimate of drug-likeness (QED) is 0.353. The summed E-state index contributed by atoms with van der Waals surface area (Å²) in [5.74, 6) is -0.873. The number of aliphatic hydroxyl groups is 1. The summed E-state index contributed by atoms with van der Waals surface area (Å²) in [4.78, 5) is 41.6. The minimum absolute atomic E-state index is 0.0194. The van der Waals surface area contributed by atoms with E-state index in [0.717, 1.165) is 11.1 Å². The maximum atomic E-state index is 10.9. The number of carboxylic acid groups (broad SMARTS) is 1. The highest BCUT2D eigenvalue weighted by molar-refractivity contribution is 7.46. The van der Waals surface area contributed by atoms with Gasteiger partial charge in [0.25, 0.3) is 0 Å². The van der Waals surface area contributed by atoms with Gasteiger partial charge >= 0.3 is 13.8 Å². The summed E-state index contributed by atoms with van der Waals surface area (Å²) in [5, 5.41) is 19.1. The molecule has 32 heavy (non-hydrogen) atoms. The Morgan fingerprint density at radius 1 is 1.28 bits per heavy atom. The smallest absolute Gasteiger partial charge is 0.469 e. The van der Waals surface area contributed by atoms with Crippen molar-refractivity contribution in [2.45, 2.75) is 37.7 Å². The molecule has 1 fully saturated rings. The van der Waals surface area contributed by atoms with E-state index in [-0.39, 0.29) is 12.8 Å². The zero-order valence-electron chi connectivity index (χ0n) is 16.7. The molecular formula is C19H21N4O8P. The average molecular weight is 464 g/mol. The average Bonchev–Trinajstić information content (AvgIpc) is 3.33. The van der Waals surface area contributed by atoms with Crippen LogP contribution in [0.1, 0.15) is 24.6 Å². The number of hydrogen-bond donors (Lipinski definition) is 4. The molecule has 1 aliphatic rings. The van der Waals surface area contributed by atoms with Crippen LogP contribution >= 0.6 is 7.82 Å². The van der Waals surface area contributed by atoms with Crippen LogP contribution < -0.4 is 0 Å². The van der Waals surface area contributed by atoms with Gasteiger partial charge < -0.3 is 24.7 Å². The predicted octanol–water partition coefficient (Wildman–Crippen LogP) is 1.27. The second-order valence-electron chi connectivity index (χ2n) is 7.36. The Balaban J connectivity index is 1.59. The molecule has 1 aromatic carbocycles. The van der Waals surface area contributed by atoms with E-state index < -0.39 is 38.8 Å². The van der Waals surface area contributed by atoms with E-state index in [1.165, 1.54) is 12.7 Å². The molecule has 0 saturated carbocycles. The van der Waals surface area contributed by atoms with Gasteiger partial charge in [0, 0.05) is 18.4 Å². The molecule has 0 radical (unpaired) electrons. The van der Waals surface area contributed by atoms with Crippen molar-refractivity contribution in [3.05, 3.63) is 42.5 Å². The Morgan fingerprint density at radius 3 is 2.84 bits per heavy atom. The lowest BCUT2D eigenvalue weighted by atomic mass is 10.0. The lowest BCUT2D eigenvalue weighted by Gasteiger charge is -2.16. The molecule has 170 valence electrons. The van der Waals surface area contributed by atoms with E-state index in [2.05, 4.69) is 19.5 Å². The van der Waals surface area contributed by atoms with E-state index in [1.807, 2.05) is 24.3 Å². The first-order valence-corrected chi connectivity index (χ1v) is 11.3. The highest BCUT2D eigenvalue weighted by Gasteiger charge is 2.37. The first kappa shape index (κ1) is 22.5. The Morgan fingerprint density at radius 2 is 2.09 bits per heavy atom. The van der Waals surface area contributed by atoms with Crippen molar-refractivity contribution in [2.24, 2.45) is 0 Å². The first-order valence-electron chi connectivity index (χ1n) is 9.73. The number of fused-ring (bicyclic) bond motifs is 1. The van der Waals surface area contributed by atoms with Crippen LogP contribution in [0.25, 0.3) is 22.4 Å². The van der Waals surface area contributed by atoms with Gasteiger partial charge in [-0.05, 0) is 18.1 Å². The zero-order valence-corrected chi connectivity index (χ0v) is 17.6. The molecule has 3 atom stereocenters. The number of phosphoric acid groups is 1. The number of ether oxygens (including phenoxy) is 1. The maximum absolute atomic E-state index is 10.9. The van der Waals surface area contributed by atoms with Gasteiger partial charge in [-0.15, -0.1) is 0 Å². The summed E-state index contributed by atoms with van der Waals surface area (Å²) in [5.41, 5.74) is 3.12. The van der Waals surface area contributed by atoms with E-state index in [1.54, 1.807) is 4.57 Å². The molecule has 4 N–H and O–H groups in total. The number of aryl methyl sites for hydroxylation is 1. The second-order valence-corrected chi connectivity index (χ2v) is 8.60. The Kier molecular flexibility index (Phi) is 6.33. The number of imidazole rings is 1. The van der Waals surface area contributed by atoms with Crippen molar-refractivity contribution >= 4 is 25.0 Å². The fourth-order valence-corrected chi connectivity index (χ4v) is 3.95. The van der Waals surface area contributed by atoms with E-state index in [0.29, 0.717) is 23.3 Å². The molecule has 3 aromatic rings. The summed E-state index contributed by atoms with van der Waals surface area (Å²) in [6.45, 7) is -0.460. The van der Waals surface area contributed by atoms with Crippen LogP contribution in [0.15, 0.2) is 36.9 Å². The van der Waals surface area contributed by atoms with E-state index in [9.17, 15) is 14.5 Å². The highest BCUT2D eigenvalue weighted by atomic mass is 31.2. The third-order valence-corrected chi connectivity index (χ3v) is 5.59. The molecule has 3 heterocycles. The van der Waals surface area contributed by atoms with Crippen LogP contribution in [0.3, 0.4) is 0 Å². The van der Waals surface area contributed by atoms with Gasteiger partial charge in [0.1, 0.15) is 29.9 Å². The molecule has 1 saturated heterocycles. The Hall–Kier alpha value is -2.73. The van der Waals surface area contributed by atoms with Gasteiger partial charge in [-0.25, -0.2) is 19.5 Å². The predicted molar refractivity (Wildman–Crippen MR) is 109 cm³/mol. The topological polar surface area (TPSA) is 177 Å². The number of rotatable bonds is 8. The van der Waals surface area contributed by atoms with E-state index in [4.69, 9.17) is 19.6 Å². The standard InChI is InChI=1S/C19H21N4O8P/c24-13-7-15(31-14(13)8-30-32(27,28)29)23-10-22-18-17(20-9-21-19(18)23)12-3-1-2-11(6-12)4-5-16(25)26/h1-3,6,9-10,13-15,24H,4-5,7-8H2,(H,25,26)(H2,27,28,29)/t13-,14+,15+/m0/s1. The SMILES string of the molecule is O=C(O)CCc1cccc(-c2ncnc3c2ncn3[C@H]2C[C@H](O)[C@@H](COP(=O)(O)O)O2)c1. The molecule has 13 heteroatoms. The molecule has 4 rings (SSSR count). The number of hydrogen-bond acceptors (Lipinski definition) is 8. The van der Waals surface area contributed by atoms with Crippen molar-refractivity contribution < 1.29 is 38.6 Å². The van der Waals surface area contributed by atoms with Crippen LogP contribution in [-0.4, -0.2) is 64.3 Å². The van der Waals surface area contributed by atoms with Gasteiger partial charge in [-0.1, -0.05) is 18.2 Å². The van der Waals surface area contributed by atoms with Crippen LogP contribution in [-0.2, 0) is 25.0 Å². The van der Waals surface area contributed by atoms with Gasteiger partial charge in [-0.2, -0.15) is 0 Å². The third-order valence-electron chi connectivity index (χ3n) is 5.11. The number of carboxylic acids is 1. The van der Waals surface area contributed by atoms with Crippen molar-refractivity contribution in [1.82, 2.24) is 19.5 Å². The van der Waals surface area contributed by atoms with Crippen molar-refractivity contribution in [3.8, 4) is 11.3 Å². The second kappa shape index (κ2) is 9.02. The van der Waals surface area contributed by atoms with Crippen molar-refractivity contribution in [3.63, 3.8) is 0 Å². The molecule has 0 spiro atoms. The van der Waals surface area contributed by atoms with Crippen LogP contribution in [0.4, 0.5) is 0 Å². The van der Waals surface area contributed by atoms with Gasteiger partial charge in [0.05, 0.1) is 19.0 Å². The van der Waals surface area contributed by atoms with Crippen molar-refractivity contribution in [1.29, 1.82) is 0 Å². The highest BCUT2D eigenvalue weighted by Crippen LogP contribution is 2.39. The largest absolute Gasteiger partial charge is 0.481 e. The molecule has 0 unspecified atom stereocenters. The molecule has 0 amide bonds. The number of phosphoric ester groups is 1. The lowest BCUT2D eigenvalue weighted by Crippen LogP contribution is -2.25. The maximum Gasteiger partial charge on any atom is 0.469 e. The number of benzene rings is 1. The minimum atomic E-state index is -4.68. The summed E-state index contributed by atoms with van der Waals surface area (Å²) in [6.07, 6.45) is 0.868. The summed E-state index contributed by atoms with van der Waals surface area (Å²) in [7, 11) is -4.68. The van der Waals surface area contributed by atoms with Crippen LogP contribution in [0.2, 0.25) is 0 Å². The number of carbonyl (C=O) groups is 1. The molecular weight excluding hydrogens is 443 g/mol. The summed E-state index contributed by atoms with van der Waals surface area (Å²) < 4.78 is 22.7. The fourth-order valence-electron chi connectivity index (χ4n) is 3.61. The summed E-state index contributed by atoms with van der Waals surface area (Å²) in [6, 6.07) is 7.36. The van der Waals surface area contributed by atoms with Crippen LogP contribution in [0, 0.1) is 0 Å². The number of nitrogens with zero attached hydrogens (tertiary/aromatic N) is 4. The fraction of sp³-hybridized carbons (Fsp3) is 0.368. The molecule has 0 aliphatic carbocycles. The van der Waals surface area contributed by atoms with Gasteiger partial charge in [-0.3, -0.25) is 13.9 Å². The van der Waals surface area contributed by atoms with Crippen molar-refractivity contribution in [2.75, 3.05) is 6.61 Å². The minimum Gasteiger partial charge on any atom is -0.481 e. The molecule has 2 aromatic heterocycles. The molecule has 1 aliphatic heterocycles. The normalized spacial score (nSPS) is 21.3. The summed E-state index contributed by atoms with van der Waals surface area (Å²) >= 11 is 0. The number of aliphatic carboxylic acids is 1. The zero-order chi connectivity index (χ0) is 22.9. The molecule has 12 nitrogen and oxygen atoms in total. The number of aromatic nitrogens is 4.